The Bertz CT molecular complexity index is 943. The van der Waals surface area contributed by atoms with Crippen LogP contribution in [-0.4, -0.2) is 33.5 Å². The lowest BCUT2D eigenvalue weighted by Gasteiger charge is -2.20. The summed E-state index contributed by atoms with van der Waals surface area (Å²) in [5, 5.41) is 7.90. The van der Waals surface area contributed by atoms with Crippen LogP contribution in [0.2, 0.25) is 0 Å². The summed E-state index contributed by atoms with van der Waals surface area (Å²) in [6.45, 7) is 1.71. The molecular weight excluding hydrogens is 332 g/mol. The highest BCUT2D eigenvalue weighted by molar-refractivity contribution is 5.90. The number of benzene rings is 1. The van der Waals surface area contributed by atoms with Gasteiger partial charge in [-0.05, 0) is 38.3 Å². The summed E-state index contributed by atoms with van der Waals surface area (Å²) in [6.07, 6.45) is 5.90. The highest BCUT2D eigenvalue weighted by atomic mass is 16.5. The monoisotopic (exact) mass is 352 g/mol. The lowest BCUT2D eigenvalue weighted by molar-refractivity contribution is 0.0937. The van der Waals surface area contributed by atoms with Crippen molar-refractivity contribution in [2.75, 3.05) is 6.54 Å². The van der Waals surface area contributed by atoms with E-state index in [2.05, 4.69) is 26.4 Å². The van der Waals surface area contributed by atoms with E-state index in [1.165, 1.54) is 0 Å². The predicted molar refractivity (Wildman–Crippen MR) is 93.4 cm³/mol. The second-order valence-corrected chi connectivity index (χ2v) is 7.09. The first-order chi connectivity index (χ1) is 12.8. The molecule has 0 bridgehead atoms. The molecule has 1 saturated heterocycles. The molecule has 2 fully saturated rings. The normalized spacial score (nSPS) is 20.7. The van der Waals surface area contributed by atoms with Gasteiger partial charge in [0.05, 0.1) is 12.3 Å². The van der Waals surface area contributed by atoms with E-state index in [9.17, 15) is 4.79 Å². The van der Waals surface area contributed by atoms with E-state index in [4.69, 9.17) is 8.94 Å². The van der Waals surface area contributed by atoms with E-state index in [0.29, 0.717) is 5.89 Å². The number of carbonyl (C=O) groups excluding carboxylic acids is 1. The number of hydrogen-bond donors (Lipinski definition) is 1. The van der Waals surface area contributed by atoms with Gasteiger partial charge >= 0.3 is 0 Å². The van der Waals surface area contributed by atoms with Crippen molar-refractivity contribution in [2.24, 2.45) is 0 Å². The SMILES string of the molecule is O=C(NC1CC1)c1noc([C@@H]2CCCN2Cc2coc3ccccc23)n1. The maximum Gasteiger partial charge on any atom is 0.292 e. The molecule has 7 heteroatoms. The van der Waals surface area contributed by atoms with Gasteiger partial charge in [-0.2, -0.15) is 4.98 Å². The average molecular weight is 352 g/mol. The molecule has 1 aromatic carbocycles. The smallest absolute Gasteiger partial charge is 0.292 e. The molecule has 134 valence electrons. The number of para-hydroxylation sites is 1. The number of amides is 1. The molecule has 1 N–H and O–H groups in total. The van der Waals surface area contributed by atoms with Gasteiger partial charge in [-0.1, -0.05) is 23.4 Å². The van der Waals surface area contributed by atoms with Crippen LogP contribution in [0.4, 0.5) is 0 Å². The summed E-state index contributed by atoms with van der Waals surface area (Å²) in [5.74, 6) is 0.414. The van der Waals surface area contributed by atoms with Gasteiger partial charge in [-0.3, -0.25) is 9.69 Å². The summed E-state index contributed by atoms with van der Waals surface area (Å²) in [7, 11) is 0. The number of furan rings is 1. The van der Waals surface area contributed by atoms with Gasteiger partial charge in [0.15, 0.2) is 0 Å². The largest absolute Gasteiger partial charge is 0.464 e. The predicted octanol–water partition coefficient (Wildman–Crippen LogP) is 3.05. The summed E-state index contributed by atoms with van der Waals surface area (Å²) in [5.41, 5.74) is 2.05. The number of aromatic nitrogens is 2. The van der Waals surface area contributed by atoms with E-state index in [0.717, 1.165) is 55.3 Å². The zero-order chi connectivity index (χ0) is 17.5. The van der Waals surface area contributed by atoms with Crippen LogP contribution in [0.5, 0.6) is 0 Å². The third kappa shape index (κ3) is 2.88. The van der Waals surface area contributed by atoms with Crippen LogP contribution in [0.1, 0.15) is 53.8 Å². The molecule has 0 unspecified atom stereocenters. The Hall–Kier alpha value is -2.67. The van der Waals surface area contributed by atoms with Crippen molar-refractivity contribution in [2.45, 2.75) is 44.3 Å². The number of nitrogens with one attached hydrogen (secondary N) is 1. The van der Waals surface area contributed by atoms with Crippen molar-refractivity contribution in [1.29, 1.82) is 0 Å². The minimum atomic E-state index is -0.243. The number of nitrogens with zero attached hydrogens (tertiary/aromatic N) is 3. The second-order valence-electron chi connectivity index (χ2n) is 7.09. The van der Waals surface area contributed by atoms with Gasteiger partial charge < -0.3 is 14.3 Å². The minimum absolute atomic E-state index is 0.0404. The molecule has 1 atom stereocenters. The molecule has 1 aliphatic heterocycles. The van der Waals surface area contributed by atoms with Crippen LogP contribution in [0, 0.1) is 0 Å². The standard InChI is InChI=1S/C19H20N4O3/c24-18(20-13-7-8-13)17-21-19(26-22-17)15-5-3-9-23(15)10-12-11-25-16-6-2-1-4-14(12)16/h1-2,4,6,11,13,15H,3,5,7-10H2,(H,20,24)/t15-/m0/s1. The van der Waals surface area contributed by atoms with Gasteiger partial charge in [0.25, 0.3) is 11.7 Å². The lowest BCUT2D eigenvalue weighted by Crippen LogP contribution is -2.27. The Morgan fingerprint density at radius 1 is 1.27 bits per heavy atom. The maximum absolute atomic E-state index is 12.1. The van der Waals surface area contributed by atoms with Crippen LogP contribution >= 0.6 is 0 Å². The minimum Gasteiger partial charge on any atom is -0.464 e. The molecule has 1 aliphatic carbocycles. The molecule has 1 amide bonds. The van der Waals surface area contributed by atoms with Gasteiger partial charge in [0, 0.05) is 23.5 Å². The number of carbonyl (C=O) groups is 1. The number of hydrogen-bond acceptors (Lipinski definition) is 6. The van der Waals surface area contributed by atoms with Crippen LogP contribution in [0.15, 0.2) is 39.5 Å². The fourth-order valence-electron chi connectivity index (χ4n) is 3.61. The van der Waals surface area contributed by atoms with E-state index in [-0.39, 0.29) is 23.8 Å². The van der Waals surface area contributed by atoms with Crippen LogP contribution in [0.25, 0.3) is 11.0 Å². The molecule has 3 heterocycles. The molecule has 1 saturated carbocycles. The van der Waals surface area contributed by atoms with Gasteiger partial charge in [-0.25, -0.2) is 0 Å². The first-order valence-electron chi connectivity index (χ1n) is 9.11. The van der Waals surface area contributed by atoms with Crippen molar-refractivity contribution in [3.05, 3.63) is 47.8 Å². The Morgan fingerprint density at radius 2 is 2.15 bits per heavy atom. The van der Waals surface area contributed by atoms with Crippen molar-refractivity contribution in [3.63, 3.8) is 0 Å². The van der Waals surface area contributed by atoms with E-state index >= 15 is 0 Å². The van der Waals surface area contributed by atoms with Gasteiger partial charge in [0.2, 0.25) is 5.89 Å². The fraction of sp³-hybridized carbons (Fsp3) is 0.421. The number of fused-ring (bicyclic) bond motifs is 1. The highest BCUT2D eigenvalue weighted by Gasteiger charge is 2.33. The topological polar surface area (TPSA) is 84.4 Å². The third-order valence-electron chi connectivity index (χ3n) is 5.14. The number of likely N-dealkylation sites (tertiary alicyclic amines) is 1. The molecule has 0 radical (unpaired) electrons. The van der Waals surface area contributed by atoms with Crippen LogP contribution in [-0.2, 0) is 6.54 Å². The van der Waals surface area contributed by atoms with E-state index < -0.39 is 0 Å². The average Bonchev–Trinajstić information content (AvgIpc) is 3.07. The molecule has 0 spiro atoms. The Labute approximate surface area is 150 Å². The Morgan fingerprint density at radius 3 is 3.04 bits per heavy atom. The third-order valence-corrected chi connectivity index (χ3v) is 5.14. The van der Waals surface area contributed by atoms with E-state index in [1.807, 2.05) is 24.5 Å². The van der Waals surface area contributed by atoms with Crippen LogP contribution < -0.4 is 5.32 Å². The van der Waals surface area contributed by atoms with Crippen molar-refractivity contribution in [1.82, 2.24) is 20.4 Å². The first-order valence-corrected chi connectivity index (χ1v) is 9.11. The first kappa shape index (κ1) is 15.6. The van der Waals surface area contributed by atoms with Crippen molar-refractivity contribution >= 4 is 16.9 Å². The van der Waals surface area contributed by atoms with Crippen molar-refractivity contribution in [3.8, 4) is 0 Å². The maximum atomic E-state index is 12.1. The summed E-state index contributed by atoms with van der Waals surface area (Å²) < 4.78 is 11.1. The molecule has 7 nitrogen and oxygen atoms in total. The molecule has 5 rings (SSSR count). The molecule has 3 aromatic rings. The Kier molecular flexibility index (Phi) is 3.74. The molecule has 2 aromatic heterocycles. The molecule has 26 heavy (non-hydrogen) atoms. The van der Waals surface area contributed by atoms with Gasteiger partial charge in [-0.15, -0.1) is 0 Å². The second kappa shape index (κ2) is 6.25. The summed E-state index contributed by atoms with van der Waals surface area (Å²) in [4.78, 5) is 18.8. The number of rotatable bonds is 5. The van der Waals surface area contributed by atoms with Crippen molar-refractivity contribution < 1.29 is 13.7 Å². The lowest BCUT2D eigenvalue weighted by atomic mass is 10.1. The van der Waals surface area contributed by atoms with Crippen LogP contribution in [0.3, 0.4) is 0 Å². The molecular formula is C19H20N4O3. The Balaban J connectivity index is 1.34. The van der Waals surface area contributed by atoms with E-state index in [1.54, 1.807) is 0 Å². The quantitative estimate of drug-likeness (QED) is 0.760. The summed E-state index contributed by atoms with van der Waals surface area (Å²) >= 11 is 0. The summed E-state index contributed by atoms with van der Waals surface area (Å²) in [6, 6.07) is 8.36. The van der Waals surface area contributed by atoms with Gasteiger partial charge in [0.1, 0.15) is 5.58 Å². The molecule has 2 aliphatic rings. The zero-order valence-corrected chi connectivity index (χ0v) is 14.4. The zero-order valence-electron chi connectivity index (χ0n) is 14.4. The fourth-order valence-corrected chi connectivity index (χ4v) is 3.61. The highest BCUT2D eigenvalue weighted by Crippen LogP contribution is 2.34.